The first-order valence-corrected chi connectivity index (χ1v) is 6.84. The number of amides is 2. The molecule has 0 saturated heterocycles. The number of hydrogen-bond acceptors (Lipinski definition) is 6. The monoisotopic (exact) mass is 306 g/mol. The van der Waals surface area contributed by atoms with Crippen LogP contribution in [-0.4, -0.2) is 52.8 Å². The molecule has 0 aromatic heterocycles. The minimum Gasteiger partial charge on any atom is -0.394 e. The van der Waals surface area contributed by atoms with Crippen LogP contribution in [0, 0.1) is 0 Å². The number of likely N-dealkylation sites (N-methyl/N-ethyl adjacent to an activating group) is 1. The zero-order chi connectivity index (χ0) is 16.3. The molecule has 1 aliphatic heterocycles. The zero-order valence-electron chi connectivity index (χ0n) is 12.6. The highest BCUT2D eigenvalue weighted by molar-refractivity contribution is 6.21. The van der Waals surface area contributed by atoms with E-state index in [1.807, 2.05) is 0 Å². The fourth-order valence-electron chi connectivity index (χ4n) is 1.94. The summed E-state index contributed by atoms with van der Waals surface area (Å²) in [5.74, 6) is -0.833. The van der Waals surface area contributed by atoms with Gasteiger partial charge in [-0.1, -0.05) is 12.1 Å². The average molecular weight is 306 g/mol. The molecule has 0 spiro atoms. The van der Waals surface area contributed by atoms with Crippen LogP contribution in [0.25, 0.3) is 0 Å². The number of imide groups is 1. The van der Waals surface area contributed by atoms with Gasteiger partial charge in [-0.05, 0) is 31.2 Å². The van der Waals surface area contributed by atoms with Gasteiger partial charge in [-0.3, -0.25) is 14.6 Å². The van der Waals surface area contributed by atoms with Crippen molar-refractivity contribution in [1.82, 2.24) is 9.91 Å². The summed E-state index contributed by atoms with van der Waals surface area (Å²) in [7, 11) is 1.63. The number of carbonyl (C=O) groups excluding carboxylic acids is 2. The SMILES string of the molecule is CC(O/N=N/N(C)[C@@H](C)CO)N1C(=O)c2ccccc2C1=O. The second-order valence-electron chi connectivity index (χ2n) is 5.01. The Morgan fingerprint density at radius 2 is 1.77 bits per heavy atom. The predicted octanol–water partition coefficient (Wildman–Crippen LogP) is 1.24. The molecule has 0 fully saturated rings. The molecule has 118 valence electrons. The molecule has 1 unspecified atom stereocenters. The third-order valence-electron chi connectivity index (χ3n) is 3.47. The third kappa shape index (κ3) is 2.91. The summed E-state index contributed by atoms with van der Waals surface area (Å²) in [5.41, 5.74) is 0.705. The summed E-state index contributed by atoms with van der Waals surface area (Å²) in [6, 6.07) is 6.37. The molecule has 1 heterocycles. The van der Waals surface area contributed by atoms with Crippen molar-refractivity contribution in [3.05, 3.63) is 35.4 Å². The molecule has 8 nitrogen and oxygen atoms in total. The lowest BCUT2D eigenvalue weighted by molar-refractivity contribution is -0.0379. The fraction of sp³-hybridized carbons (Fsp3) is 0.429. The Morgan fingerprint density at radius 1 is 1.23 bits per heavy atom. The molecule has 22 heavy (non-hydrogen) atoms. The summed E-state index contributed by atoms with van der Waals surface area (Å²) in [4.78, 5) is 30.5. The average Bonchev–Trinajstić information content (AvgIpc) is 2.78. The second-order valence-corrected chi connectivity index (χ2v) is 5.01. The van der Waals surface area contributed by atoms with Crippen LogP contribution in [0.1, 0.15) is 34.6 Å². The highest BCUT2D eigenvalue weighted by Crippen LogP contribution is 2.24. The van der Waals surface area contributed by atoms with Crippen molar-refractivity contribution in [3.8, 4) is 0 Å². The second kappa shape index (κ2) is 6.52. The number of nitrogens with zero attached hydrogens (tertiary/aromatic N) is 4. The van der Waals surface area contributed by atoms with Crippen molar-refractivity contribution in [2.75, 3.05) is 13.7 Å². The van der Waals surface area contributed by atoms with Gasteiger partial charge in [0.05, 0.1) is 23.8 Å². The molecule has 2 amide bonds. The Morgan fingerprint density at radius 3 is 2.27 bits per heavy atom. The van der Waals surface area contributed by atoms with Crippen molar-refractivity contribution < 1.29 is 19.5 Å². The molecule has 1 aromatic rings. The van der Waals surface area contributed by atoms with Crippen molar-refractivity contribution in [1.29, 1.82) is 0 Å². The number of hydrogen-bond donors (Lipinski definition) is 1. The molecule has 1 N–H and O–H groups in total. The number of fused-ring (bicyclic) bond motifs is 1. The first-order chi connectivity index (χ1) is 10.5. The predicted molar refractivity (Wildman–Crippen MR) is 76.7 cm³/mol. The molecule has 0 bridgehead atoms. The number of aliphatic hydroxyl groups excluding tert-OH is 1. The number of rotatable bonds is 6. The summed E-state index contributed by atoms with van der Waals surface area (Å²) >= 11 is 0. The smallest absolute Gasteiger partial charge is 0.264 e. The van der Waals surface area contributed by atoms with Gasteiger partial charge in [-0.25, -0.2) is 4.90 Å². The lowest BCUT2D eigenvalue weighted by atomic mass is 10.1. The maximum absolute atomic E-state index is 12.2. The highest BCUT2D eigenvalue weighted by Gasteiger charge is 2.39. The minimum absolute atomic E-state index is 0.0799. The summed E-state index contributed by atoms with van der Waals surface area (Å²) < 4.78 is 0. The van der Waals surface area contributed by atoms with Gasteiger partial charge in [0.1, 0.15) is 0 Å². The Kier molecular flexibility index (Phi) is 4.71. The third-order valence-corrected chi connectivity index (χ3v) is 3.47. The van der Waals surface area contributed by atoms with Gasteiger partial charge in [0.25, 0.3) is 11.8 Å². The maximum Gasteiger partial charge on any atom is 0.264 e. The first kappa shape index (κ1) is 15.9. The minimum atomic E-state index is -0.881. The van der Waals surface area contributed by atoms with Crippen LogP contribution in [0.5, 0.6) is 0 Å². The molecule has 0 aliphatic carbocycles. The van der Waals surface area contributed by atoms with E-state index < -0.39 is 18.0 Å². The topological polar surface area (TPSA) is 94.8 Å². The standard InChI is InChI=1S/C14H18N4O4/c1-9(8-19)17(3)15-16-22-10(2)18-13(20)11-6-4-5-7-12(11)14(18)21/h4-7,9-10,19H,8H2,1-3H3/b16-15+/t9-,10?/m0/s1. The quantitative estimate of drug-likeness (QED) is 0.485. The Bertz CT molecular complexity index is 569. The molecule has 2 atom stereocenters. The van der Waals surface area contributed by atoms with Crippen LogP contribution < -0.4 is 0 Å². The Balaban J connectivity index is 2.03. The van der Waals surface area contributed by atoms with E-state index in [0.29, 0.717) is 11.1 Å². The van der Waals surface area contributed by atoms with Crippen LogP contribution in [0.4, 0.5) is 0 Å². The van der Waals surface area contributed by atoms with Crippen LogP contribution in [0.15, 0.2) is 34.8 Å². The highest BCUT2D eigenvalue weighted by atomic mass is 16.7. The van der Waals surface area contributed by atoms with E-state index >= 15 is 0 Å². The van der Waals surface area contributed by atoms with Crippen LogP contribution in [-0.2, 0) is 4.84 Å². The molecule has 2 rings (SSSR count). The number of carbonyl (C=O) groups is 2. The van der Waals surface area contributed by atoms with Crippen LogP contribution >= 0.6 is 0 Å². The molecule has 1 aliphatic rings. The van der Waals surface area contributed by atoms with Gasteiger partial charge in [0.15, 0.2) is 0 Å². The van der Waals surface area contributed by atoms with Gasteiger partial charge in [-0.2, -0.15) is 0 Å². The van der Waals surface area contributed by atoms with E-state index in [-0.39, 0.29) is 12.6 Å². The van der Waals surface area contributed by atoms with Crippen LogP contribution in [0.3, 0.4) is 0 Å². The normalized spacial score (nSPS) is 16.8. The largest absolute Gasteiger partial charge is 0.394 e. The molecular weight excluding hydrogens is 288 g/mol. The summed E-state index contributed by atoms with van der Waals surface area (Å²) in [6.07, 6.45) is -0.881. The molecule has 1 aromatic carbocycles. The van der Waals surface area contributed by atoms with E-state index in [9.17, 15) is 9.59 Å². The first-order valence-electron chi connectivity index (χ1n) is 6.84. The van der Waals surface area contributed by atoms with Gasteiger partial charge in [0, 0.05) is 12.3 Å². The van der Waals surface area contributed by atoms with E-state index in [0.717, 1.165) is 4.90 Å². The van der Waals surface area contributed by atoms with Crippen molar-refractivity contribution in [3.63, 3.8) is 0 Å². The maximum atomic E-state index is 12.2. The van der Waals surface area contributed by atoms with Gasteiger partial charge in [-0.15, -0.1) is 0 Å². The van der Waals surface area contributed by atoms with Gasteiger partial charge < -0.3 is 9.94 Å². The lowest BCUT2D eigenvalue weighted by Crippen LogP contribution is -2.38. The fourth-order valence-corrected chi connectivity index (χ4v) is 1.94. The molecule has 0 saturated carbocycles. The Labute approximate surface area is 127 Å². The summed E-state index contributed by atoms with van der Waals surface area (Å²) in [5, 5.41) is 17.6. The summed E-state index contributed by atoms with van der Waals surface area (Å²) in [6.45, 7) is 3.21. The van der Waals surface area contributed by atoms with E-state index in [1.54, 1.807) is 38.2 Å². The molecular formula is C14H18N4O4. The zero-order valence-corrected chi connectivity index (χ0v) is 12.6. The van der Waals surface area contributed by atoms with Crippen molar-refractivity contribution >= 4 is 11.8 Å². The van der Waals surface area contributed by atoms with E-state index in [2.05, 4.69) is 10.5 Å². The number of aliphatic hydroxyl groups is 1. The molecule has 8 heteroatoms. The number of benzene rings is 1. The van der Waals surface area contributed by atoms with Gasteiger partial charge in [0.2, 0.25) is 6.23 Å². The Hall–Kier alpha value is -2.48. The van der Waals surface area contributed by atoms with Crippen molar-refractivity contribution in [2.24, 2.45) is 10.5 Å². The van der Waals surface area contributed by atoms with Crippen molar-refractivity contribution in [2.45, 2.75) is 26.1 Å². The van der Waals surface area contributed by atoms with E-state index in [4.69, 9.17) is 9.94 Å². The molecule has 0 radical (unpaired) electrons. The van der Waals surface area contributed by atoms with Gasteiger partial charge >= 0.3 is 0 Å². The van der Waals surface area contributed by atoms with Crippen LogP contribution in [0.2, 0.25) is 0 Å². The van der Waals surface area contributed by atoms with E-state index in [1.165, 1.54) is 11.9 Å². The lowest BCUT2D eigenvalue weighted by Gasteiger charge is -2.21.